The summed E-state index contributed by atoms with van der Waals surface area (Å²) in [5, 5.41) is 19.7. The predicted molar refractivity (Wildman–Crippen MR) is 117 cm³/mol. The van der Waals surface area contributed by atoms with Crippen molar-refractivity contribution in [2.45, 2.75) is 50.3 Å². The van der Waals surface area contributed by atoms with Gasteiger partial charge in [-0.3, -0.25) is 14.3 Å². The van der Waals surface area contributed by atoms with Crippen LogP contribution in [0.5, 0.6) is 5.75 Å². The molecule has 12 nitrogen and oxygen atoms in total. The number of rotatable bonds is 8. The van der Waals surface area contributed by atoms with Gasteiger partial charge < -0.3 is 24.6 Å². The molecule has 184 valence electrons. The topological polar surface area (TPSA) is 175 Å². The highest BCUT2D eigenvalue weighted by Gasteiger charge is 2.59. The van der Waals surface area contributed by atoms with Crippen LogP contribution in [0.1, 0.15) is 20.1 Å². The summed E-state index contributed by atoms with van der Waals surface area (Å²) in [6.07, 6.45) is -6.06. The number of carboxylic acid groups (broad SMARTS) is 1. The summed E-state index contributed by atoms with van der Waals surface area (Å²) in [5.74, 6) is -1.20. The lowest BCUT2D eigenvalue weighted by Crippen LogP contribution is -2.46. The van der Waals surface area contributed by atoms with Crippen molar-refractivity contribution in [2.24, 2.45) is 4.74 Å². The third-order valence-corrected chi connectivity index (χ3v) is 6.37. The number of carboxylic acids is 1. The number of nitrogens with zero attached hydrogens (tertiary/aromatic N) is 2. The molecule has 1 saturated heterocycles. The summed E-state index contributed by atoms with van der Waals surface area (Å²) in [6, 6.07) is 5.78. The average Bonchev–Trinajstić information content (AvgIpc) is 2.98. The number of hydrogen-bond acceptors (Lipinski definition) is 9. The van der Waals surface area contributed by atoms with Crippen molar-refractivity contribution in [1.82, 2.24) is 9.55 Å². The smallest absolute Gasteiger partial charge is 0.346 e. The number of aliphatic carboxylic acids is 1. The van der Waals surface area contributed by atoms with E-state index in [9.17, 15) is 24.4 Å². The maximum Gasteiger partial charge on any atom is 0.346 e. The highest BCUT2D eigenvalue weighted by Crippen LogP contribution is 2.43. The van der Waals surface area contributed by atoms with Gasteiger partial charge in [-0.2, -0.15) is 0 Å². The molecule has 1 aromatic heterocycles. The third kappa shape index (κ3) is 5.77. The van der Waals surface area contributed by atoms with E-state index in [1.165, 1.54) is 19.1 Å². The number of aliphatic hydroxyl groups excluding tert-OH is 1. The molecule has 3 rings (SSSR count). The number of aliphatic hydroxyl groups is 1. The number of nitrogens with one attached hydrogen (secondary N) is 1. The average molecular weight is 564 g/mol. The molecule has 1 aliphatic rings. The van der Waals surface area contributed by atoms with Crippen molar-refractivity contribution in [1.29, 1.82) is 0 Å². The van der Waals surface area contributed by atoms with Crippen LogP contribution in [0.3, 0.4) is 0 Å². The first-order valence-electron chi connectivity index (χ1n) is 9.74. The van der Waals surface area contributed by atoms with Crippen LogP contribution in [0.25, 0.3) is 0 Å². The number of halogens is 2. The van der Waals surface area contributed by atoms with Crippen LogP contribution in [-0.2, 0) is 14.1 Å². The molecular weight excluding hydrogens is 544 g/mol. The third-order valence-electron chi connectivity index (χ3n) is 4.92. The number of hydrogen-bond donors (Lipinski definition) is 3. The number of aromatic amines is 1. The Morgan fingerprint density at radius 1 is 1.38 bits per heavy atom. The maximum absolute atomic E-state index is 15.6. The zero-order valence-corrected chi connectivity index (χ0v) is 20.2. The number of H-pyrrole nitrogens is 1. The van der Waals surface area contributed by atoms with E-state index in [0.717, 1.165) is 23.8 Å². The summed E-state index contributed by atoms with van der Waals surface area (Å²) in [7, 11) is -3.01. The van der Waals surface area contributed by atoms with Crippen LogP contribution >= 0.6 is 24.1 Å². The minimum absolute atomic E-state index is 0.156. The molecule has 1 aromatic carbocycles. The quantitative estimate of drug-likeness (QED) is 0.313. The molecule has 2 heterocycles. The molecule has 1 fully saturated rings. The minimum Gasteiger partial charge on any atom is -0.583 e. The van der Waals surface area contributed by atoms with Gasteiger partial charge in [0.25, 0.3) is 11.8 Å². The van der Waals surface area contributed by atoms with Crippen molar-refractivity contribution < 1.29 is 38.3 Å². The highest BCUT2D eigenvalue weighted by atomic mass is 79.9. The van der Waals surface area contributed by atoms with Gasteiger partial charge in [0.05, 0.1) is 0 Å². The lowest BCUT2D eigenvalue weighted by molar-refractivity contribution is -0.206. The number of ether oxygens (including phenoxy) is 2. The Kier molecular flexibility index (Phi) is 8.01. The van der Waals surface area contributed by atoms with Crippen molar-refractivity contribution in [3.63, 3.8) is 0 Å². The minimum atomic E-state index is -3.01. The fourth-order valence-corrected chi connectivity index (χ4v) is 4.13. The van der Waals surface area contributed by atoms with Crippen molar-refractivity contribution >= 4 is 30.1 Å². The van der Waals surface area contributed by atoms with Crippen molar-refractivity contribution in [3.05, 3.63) is 61.8 Å². The Labute approximate surface area is 200 Å². The molecule has 1 aliphatic heterocycles. The molecule has 0 saturated carbocycles. The van der Waals surface area contributed by atoms with Crippen LogP contribution in [0.2, 0.25) is 0 Å². The molecule has 0 aliphatic carbocycles. The van der Waals surface area contributed by atoms with Crippen LogP contribution in [0, 0.1) is 0 Å². The number of alkyl halides is 1. The second-order valence-corrected chi connectivity index (χ2v) is 9.31. The first kappa shape index (κ1) is 26.1. The lowest BCUT2D eigenvalue weighted by Gasteiger charge is -2.25. The van der Waals surface area contributed by atoms with E-state index in [-0.39, 0.29) is 5.75 Å². The summed E-state index contributed by atoms with van der Waals surface area (Å²) in [4.78, 5) is 48.9. The van der Waals surface area contributed by atoms with E-state index in [1.54, 1.807) is 12.1 Å². The van der Waals surface area contributed by atoms with Crippen LogP contribution in [-0.4, -0.2) is 55.9 Å². The zero-order valence-electron chi connectivity index (χ0n) is 17.7. The van der Waals surface area contributed by atoms with E-state index in [1.807, 2.05) is 4.98 Å². The van der Waals surface area contributed by atoms with Gasteiger partial charge in [0, 0.05) is 16.7 Å². The Balaban J connectivity index is 1.96. The van der Waals surface area contributed by atoms with E-state index < -0.39 is 61.8 Å². The molecule has 0 bridgehead atoms. The molecular formula is C19H20BrFN3O9P. The summed E-state index contributed by atoms with van der Waals surface area (Å²) in [6.45, 7) is 2.13. The van der Waals surface area contributed by atoms with E-state index in [2.05, 4.69) is 20.7 Å². The van der Waals surface area contributed by atoms with Gasteiger partial charge in [-0.15, -0.1) is 4.52 Å². The molecule has 7 atom stereocenters. The van der Waals surface area contributed by atoms with Crippen LogP contribution < -0.4 is 20.9 Å². The molecule has 0 spiro atoms. The zero-order chi connectivity index (χ0) is 25.2. The Hall–Kier alpha value is -2.48. The predicted octanol–water partition coefficient (Wildman–Crippen LogP) is 1.04. The van der Waals surface area contributed by atoms with Gasteiger partial charge >= 0.3 is 19.8 Å². The Morgan fingerprint density at radius 3 is 2.62 bits per heavy atom. The normalized spacial score (nSPS) is 26.8. The molecule has 34 heavy (non-hydrogen) atoms. The first-order chi connectivity index (χ1) is 15.9. The molecule has 15 heteroatoms. The van der Waals surface area contributed by atoms with Gasteiger partial charge in [0.1, 0.15) is 11.9 Å². The van der Waals surface area contributed by atoms with Crippen LogP contribution in [0.4, 0.5) is 4.39 Å². The number of benzene rings is 1. The van der Waals surface area contributed by atoms with Crippen molar-refractivity contribution in [2.75, 3.05) is 0 Å². The lowest BCUT2D eigenvalue weighted by atomic mass is 9.98. The Bertz CT molecular complexity index is 1190. The summed E-state index contributed by atoms with van der Waals surface area (Å²) < 4.78 is 36.9. The molecule has 2 unspecified atom stereocenters. The monoisotopic (exact) mass is 563 g/mol. The molecule has 0 radical (unpaired) electrons. The number of carbonyl (C=O) groups is 1. The number of aromatic nitrogens is 2. The fourth-order valence-electron chi connectivity index (χ4n) is 3.09. The van der Waals surface area contributed by atoms with E-state index in [0.29, 0.717) is 4.47 Å². The van der Waals surface area contributed by atoms with E-state index in [4.69, 9.17) is 19.1 Å². The maximum atomic E-state index is 15.6. The SMILES string of the molecule is C[C@H](N=[P+]([O-])OC(Oc1ccc(Br)cc1)[C@@H]1O[C@@H](n2ccc(=O)[nH]c2=O)[C@](C)(F)[C@@H]1O)C(=O)O. The summed E-state index contributed by atoms with van der Waals surface area (Å²) in [5.41, 5.74) is -4.30. The van der Waals surface area contributed by atoms with Crippen LogP contribution in [0.15, 0.2) is 55.3 Å². The van der Waals surface area contributed by atoms with E-state index >= 15 is 4.39 Å². The second-order valence-electron chi connectivity index (χ2n) is 7.48. The highest BCUT2D eigenvalue weighted by molar-refractivity contribution is 9.10. The van der Waals surface area contributed by atoms with Gasteiger partial charge in [0.15, 0.2) is 24.0 Å². The molecule has 2 aromatic rings. The molecule has 3 N–H and O–H groups in total. The van der Waals surface area contributed by atoms with Gasteiger partial charge in [-0.05, 0) is 38.1 Å². The standard InChI is InChI=1S/C19H20BrFN3O9P/c1-9(15(27)28)23-34(30)33-16(31-11-5-3-10(20)4-6-11)13-14(26)19(2,21)17(32-13)24-8-7-12(25)22-18(24)29/h3-9,13-14,16-17,26H,1-2H3,(H,27,28)(H,22,25,29)/t9-,13+,14+,16?,17+,19+/m0/s1. The second kappa shape index (κ2) is 10.4. The summed E-state index contributed by atoms with van der Waals surface area (Å²) >= 11 is 3.25. The fraction of sp³-hybridized carbons (Fsp3) is 0.421. The first-order valence-corrected chi connectivity index (χ1v) is 11.7. The van der Waals surface area contributed by atoms with Gasteiger partial charge in [0.2, 0.25) is 0 Å². The Morgan fingerprint density at radius 2 is 2.03 bits per heavy atom. The van der Waals surface area contributed by atoms with Crippen molar-refractivity contribution in [3.8, 4) is 5.75 Å². The van der Waals surface area contributed by atoms with Gasteiger partial charge in [-0.1, -0.05) is 20.7 Å². The molecule has 0 amide bonds. The van der Waals surface area contributed by atoms with Gasteiger partial charge in [-0.25, -0.2) is 14.0 Å². The largest absolute Gasteiger partial charge is 0.583 e.